The minimum atomic E-state index is -1.14. The molecule has 1 aromatic rings. The first kappa shape index (κ1) is 32.8. The van der Waals surface area contributed by atoms with Crippen molar-refractivity contribution < 1.29 is 23.9 Å². The number of nitrogens with one attached hydrogen (secondary N) is 2. The van der Waals surface area contributed by atoms with Crippen LogP contribution in [-0.2, 0) is 19.1 Å². The number of hydrogen-bond acceptors (Lipinski definition) is 5. The SMILES string of the molecule is C=Cc1cccc(C(C(=O)NC2CCCCC2)N(C(=O)C(CCC(N)=O)NC(=O)OC(C)(C)C)C(C)(C)CC)c1. The summed E-state index contributed by atoms with van der Waals surface area (Å²) < 4.78 is 5.41. The molecule has 0 spiro atoms. The Balaban J connectivity index is 2.60. The van der Waals surface area contributed by atoms with Gasteiger partial charge in [-0.05, 0) is 77.5 Å². The van der Waals surface area contributed by atoms with E-state index in [1.165, 1.54) is 0 Å². The zero-order valence-electron chi connectivity index (χ0n) is 25.0. The molecule has 4 N–H and O–H groups in total. The molecule has 9 heteroatoms. The van der Waals surface area contributed by atoms with Gasteiger partial charge < -0.3 is 26.0 Å². The first-order chi connectivity index (χ1) is 18.7. The summed E-state index contributed by atoms with van der Waals surface area (Å²) in [5.74, 6) is -1.38. The van der Waals surface area contributed by atoms with Crippen LogP contribution >= 0.6 is 0 Å². The van der Waals surface area contributed by atoms with E-state index in [0.29, 0.717) is 12.0 Å². The van der Waals surface area contributed by atoms with Crippen LogP contribution < -0.4 is 16.4 Å². The van der Waals surface area contributed by atoms with Crippen molar-refractivity contribution in [1.29, 1.82) is 0 Å². The number of ether oxygens (including phenoxy) is 1. The van der Waals surface area contributed by atoms with Gasteiger partial charge in [0.2, 0.25) is 17.7 Å². The van der Waals surface area contributed by atoms with Crippen LogP contribution in [0.4, 0.5) is 4.79 Å². The van der Waals surface area contributed by atoms with Crippen molar-refractivity contribution in [3.63, 3.8) is 0 Å². The number of carbonyl (C=O) groups is 4. The Morgan fingerprint density at radius 3 is 2.33 bits per heavy atom. The fraction of sp³-hybridized carbons (Fsp3) is 0.613. The summed E-state index contributed by atoms with van der Waals surface area (Å²) in [5, 5.41) is 5.85. The third-order valence-electron chi connectivity index (χ3n) is 7.34. The fourth-order valence-corrected chi connectivity index (χ4v) is 4.91. The fourth-order valence-electron chi connectivity index (χ4n) is 4.91. The van der Waals surface area contributed by atoms with Gasteiger partial charge in [0.15, 0.2) is 0 Å². The predicted octanol–water partition coefficient (Wildman–Crippen LogP) is 5.00. The van der Waals surface area contributed by atoms with E-state index in [-0.39, 0.29) is 24.8 Å². The first-order valence-electron chi connectivity index (χ1n) is 14.3. The molecule has 1 saturated carbocycles. The molecule has 1 aromatic carbocycles. The summed E-state index contributed by atoms with van der Waals surface area (Å²) in [5.41, 5.74) is 5.27. The number of nitrogens with zero attached hydrogens (tertiary/aromatic N) is 1. The Kier molecular flexibility index (Phi) is 11.8. The predicted molar refractivity (Wildman–Crippen MR) is 157 cm³/mol. The molecule has 0 bridgehead atoms. The molecule has 222 valence electrons. The molecule has 0 heterocycles. The summed E-state index contributed by atoms with van der Waals surface area (Å²) in [6.07, 6.45) is 6.27. The van der Waals surface area contributed by atoms with Crippen LogP contribution in [0.15, 0.2) is 30.8 Å². The minimum Gasteiger partial charge on any atom is -0.444 e. The van der Waals surface area contributed by atoms with Crippen LogP contribution in [0.3, 0.4) is 0 Å². The topological polar surface area (TPSA) is 131 Å². The van der Waals surface area contributed by atoms with Crippen molar-refractivity contribution in [1.82, 2.24) is 15.5 Å². The van der Waals surface area contributed by atoms with Crippen molar-refractivity contribution in [2.24, 2.45) is 5.73 Å². The molecule has 2 unspecified atom stereocenters. The van der Waals surface area contributed by atoms with Gasteiger partial charge in [0.05, 0.1) is 0 Å². The maximum Gasteiger partial charge on any atom is 0.408 e. The Labute approximate surface area is 239 Å². The van der Waals surface area contributed by atoms with E-state index in [0.717, 1.165) is 37.7 Å². The lowest BCUT2D eigenvalue weighted by atomic mass is 9.90. The first-order valence-corrected chi connectivity index (χ1v) is 14.3. The van der Waals surface area contributed by atoms with Crippen molar-refractivity contribution in [3.8, 4) is 0 Å². The van der Waals surface area contributed by atoms with Crippen LogP contribution in [-0.4, -0.2) is 51.9 Å². The van der Waals surface area contributed by atoms with Gasteiger partial charge in [0.25, 0.3) is 0 Å². The van der Waals surface area contributed by atoms with Gasteiger partial charge in [0, 0.05) is 18.0 Å². The molecule has 2 rings (SSSR count). The highest BCUT2D eigenvalue weighted by Gasteiger charge is 2.43. The Morgan fingerprint density at radius 1 is 1.12 bits per heavy atom. The molecule has 0 aliphatic heterocycles. The highest BCUT2D eigenvalue weighted by molar-refractivity contribution is 5.93. The molecular formula is C31H48N4O5. The molecule has 1 fully saturated rings. The lowest BCUT2D eigenvalue weighted by Gasteiger charge is -2.45. The summed E-state index contributed by atoms with van der Waals surface area (Å²) in [6, 6.07) is 5.29. The molecule has 40 heavy (non-hydrogen) atoms. The standard InChI is InChI=1S/C31H48N4O5/c1-8-21-14-13-15-22(20-21)26(27(37)33-23-16-11-10-12-17-23)35(31(6,7)9-2)28(38)24(18-19-25(32)36)34-29(39)40-30(3,4)5/h8,13-15,20,23-24,26H,1,9-12,16-19H2,2-7H3,(H2,32,36)(H,33,37)(H,34,39). The monoisotopic (exact) mass is 556 g/mol. The third kappa shape index (κ3) is 9.68. The summed E-state index contributed by atoms with van der Waals surface area (Å²) >= 11 is 0. The molecule has 0 aromatic heterocycles. The second-order valence-electron chi connectivity index (χ2n) is 12.2. The number of nitrogens with two attached hydrogens (primary N) is 1. The summed E-state index contributed by atoms with van der Waals surface area (Å²) in [7, 11) is 0. The van der Waals surface area contributed by atoms with Crippen molar-refractivity contribution in [2.75, 3.05) is 0 Å². The Bertz CT molecular complexity index is 1060. The average molecular weight is 557 g/mol. The van der Waals surface area contributed by atoms with E-state index in [9.17, 15) is 19.2 Å². The van der Waals surface area contributed by atoms with E-state index < -0.39 is 41.1 Å². The Hall–Kier alpha value is -3.36. The van der Waals surface area contributed by atoms with Crippen molar-refractivity contribution in [2.45, 2.75) is 122 Å². The summed E-state index contributed by atoms with van der Waals surface area (Å²) in [4.78, 5) is 54.6. The van der Waals surface area contributed by atoms with E-state index in [1.54, 1.807) is 31.7 Å². The maximum absolute atomic E-state index is 14.4. The summed E-state index contributed by atoms with van der Waals surface area (Å²) in [6.45, 7) is 14.7. The molecule has 0 saturated heterocycles. The number of carbonyl (C=O) groups excluding carboxylic acids is 4. The lowest BCUT2D eigenvalue weighted by Crippen LogP contribution is -2.60. The average Bonchev–Trinajstić information content (AvgIpc) is 2.88. The van der Waals surface area contributed by atoms with Gasteiger partial charge in [-0.2, -0.15) is 0 Å². The zero-order chi connectivity index (χ0) is 30.1. The molecule has 4 amide bonds. The van der Waals surface area contributed by atoms with Gasteiger partial charge in [-0.3, -0.25) is 14.4 Å². The van der Waals surface area contributed by atoms with E-state index in [2.05, 4.69) is 17.2 Å². The second kappa shape index (κ2) is 14.3. The molecular weight excluding hydrogens is 508 g/mol. The molecule has 0 radical (unpaired) electrons. The molecule has 2 atom stereocenters. The highest BCUT2D eigenvalue weighted by atomic mass is 16.6. The second-order valence-corrected chi connectivity index (χ2v) is 12.2. The van der Waals surface area contributed by atoms with Crippen LogP contribution in [0.25, 0.3) is 6.08 Å². The van der Waals surface area contributed by atoms with E-state index >= 15 is 0 Å². The molecule has 1 aliphatic rings. The minimum absolute atomic E-state index is 0.0265. The largest absolute Gasteiger partial charge is 0.444 e. The number of benzene rings is 1. The maximum atomic E-state index is 14.4. The number of amides is 4. The lowest BCUT2D eigenvalue weighted by molar-refractivity contribution is -0.150. The van der Waals surface area contributed by atoms with Crippen LogP contribution in [0.1, 0.15) is 110 Å². The normalized spacial score (nSPS) is 15.8. The van der Waals surface area contributed by atoms with Crippen LogP contribution in [0, 0.1) is 0 Å². The third-order valence-corrected chi connectivity index (χ3v) is 7.34. The van der Waals surface area contributed by atoms with Gasteiger partial charge in [-0.1, -0.05) is 57.0 Å². The van der Waals surface area contributed by atoms with E-state index in [4.69, 9.17) is 10.5 Å². The number of primary amides is 1. The number of hydrogen-bond donors (Lipinski definition) is 3. The van der Waals surface area contributed by atoms with Gasteiger partial charge >= 0.3 is 6.09 Å². The zero-order valence-corrected chi connectivity index (χ0v) is 25.0. The van der Waals surface area contributed by atoms with Crippen LogP contribution in [0.5, 0.6) is 0 Å². The quantitative estimate of drug-likeness (QED) is 0.334. The smallest absolute Gasteiger partial charge is 0.408 e. The van der Waals surface area contributed by atoms with Crippen molar-refractivity contribution >= 4 is 29.9 Å². The number of alkyl carbamates (subject to hydrolysis) is 1. The van der Waals surface area contributed by atoms with Gasteiger partial charge in [0.1, 0.15) is 17.7 Å². The number of rotatable bonds is 12. The van der Waals surface area contributed by atoms with Crippen molar-refractivity contribution in [3.05, 3.63) is 42.0 Å². The van der Waals surface area contributed by atoms with E-state index in [1.807, 2.05) is 45.0 Å². The van der Waals surface area contributed by atoms with Gasteiger partial charge in [-0.25, -0.2) is 4.79 Å². The molecule has 9 nitrogen and oxygen atoms in total. The van der Waals surface area contributed by atoms with Crippen LogP contribution in [0.2, 0.25) is 0 Å². The molecule has 1 aliphatic carbocycles. The highest BCUT2D eigenvalue weighted by Crippen LogP contribution is 2.33. The Morgan fingerprint density at radius 2 is 1.77 bits per heavy atom. The van der Waals surface area contributed by atoms with Gasteiger partial charge in [-0.15, -0.1) is 0 Å².